The lowest BCUT2D eigenvalue weighted by Crippen LogP contribution is -2.76. The minimum atomic E-state index is 0.150. The summed E-state index contributed by atoms with van der Waals surface area (Å²) >= 11 is 0. The van der Waals surface area contributed by atoms with Crippen molar-refractivity contribution in [3.8, 4) is 0 Å². The van der Waals surface area contributed by atoms with Crippen molar-refractivity contribution in [1.29, 1.82) is 5.41 Å². The Bertz CT molecular complexity index is 2560. The van der Waals surface area contributed by atoms with Crippen LogP contribution in [0.5, 0.6) is 0 Å². The summed E-state index contributed by atoms with van der Waals surface area (Å²) in [5, 5.41) is 18.5. The van der Waals surface area contributed by atoms with E-state index in [0.717, 1.165) is 74.1 Å². The van der Waals surface area contributed by atoms with Gasteiger partial charge in [0.25, 0.3) is 0 Å². The second kappa shape index (κ2) is 16.4. The van der Waals surface area contributed by atoms with Crippen molar-refractivity contribution < 1.29 is 5.43 Å². The van der Waals surface area contributed by atoms with E-state index in [4.69, 9.17) is 5.10 Å². The fraction of sp³-hybridized carbons (Fsp3) is 0.0769. The number of fused-ring (bicyclic) bond motifs is 1. The Hall–Kier alpha value is -7.28. The van der Waals surface area contributed by atoms with E-state index in [-0.39, 0.29) is 12.1 Å². The summed E-state index contributed by atoms with van der Waals surface area (Å²) in [5.74, 6) is 0. The molecule has 2 aliphatic carbocycles. The van der Waals surface area contributed by atoms with Gasteiger partial charge >= 0.3 is 0 Å². The van der Waals surface area contributed by atoms with Crippen molar-refractivity contribution in [3.05, 3.63) is 223 Å². The zero-order chi connectivity index (χ0) is 39.3. The quantitative estimate of drug-likeness (QED) is 0.0741. The van der Waals surface area contributed by atoms with Gasteiger partial charge in [0.2, 0.25) is 0 Å². The summed E-state index contributed by atoms with van der Waals surface area (Å²) < 4.78 is 0. The van der Waals surface area contributed by atoms with Gasteiger partial charge in [0.1, 0.15) is 0 Å². The first-order valence-electron chi connectivity index (χ1n) is 19.9. The SMILES string of the molecule is CC1C=C([NH2+]N=C2C(=N)C(c3ccc(N(c4ccccc4)c4ccccc4)cc3)=CC=C2c2ccc(N(c3ccccc3)C3C=CC=CC3)cc2)c2ccccc2N1. The highest BCUT2D eigenvalue weighted by atomic mass is 15.3. The van der Waals surface area contributed by atoms with Crippen LogP contribution in [0, 0.1) is 5.41 Å². The first-order chi connectivity index (χ1) is 28.6. The molecule has 3 aliphatic rings. The van der Waals surface area contributed by atoms with Crippen molar-refractivity contribution in [2.75, 3.05) is 15.1 Å². The van der Waals surface area contributed by atoms with E-state index >= 15 is 0 Å². The zero-order valence-electron chi connectivity index (χ0n) is 32.4. The lowest BCUT2D eigenvalue weighted by Gasteiger charge is -2.32. The highest BCUT2D eigenvalue weighted by Crippen LogP contribution is 2.37. The summed E-state index contributed by atoms with van der Waals surface area (Å²) in [6.45, 7) is 2.14. The molecule has 2 atom stereocenters. The molecule has 0 saturated heterocycles. The Labute approximate surface area is 340 Å². The molecule has 58 heavy (non-hydrogen) atoms. The standard InChI is InChI=1S/C52H44N6/c1-37-36-50(48-24-14-15-25-49(48)54-37)55-56-52-47(39-28-32-45(33-29-39)58(42-20-10-4-11-21-42)43-22-12-5-13-23-43)35-34-46(51(52)53)38-26-30-44(31-27-38)57(40-16-6-2-7-17-40)41-18-8-3-9-19-41/h2-22,24-37,43,53-55H,23H2,1H3/p+1. The predicted octanol–water partition coefficient (Wildman–Crippen LogP) is 11.5. The first kappa shape index (κ1) is 36.4. The molecule has 6 heteroatoms. The molecule has 282 valence electrons. The maximum Gasteiger partial charge on any atom is 0.163 e. The van der Waals surface area contributed by atoms with Crippen LogP contribution in [-0.2, 0) is 0 Å². The number of quaternary nitrogens is 1. The van der Waals surface area contributed by atoms with Crippen LogP contribution in [0.4, 0.5) is 34.1 Å². The molecule has 0 bridgehead atoms. The van der Waals surface area contributed by atoms with Gasteiger partial charge in [-0.2, -0.15) is 5.43 Å². The molecule has 0 amide bonds. The number of rotatable bonds is 10. The van der Waals surface area contributed by atoms with Crippen molar-refractivity contribution >= 4 is 62.4 Å². The van der Waals surface area contributed by atoms with Crippen LogP contribution in [0.1, 0.15) is 30.0 Å². The summed E-state index contributed by atoms with van der Waals surface area (Å²) in [5.41, 5.74) is 15.3. The highest BCUT2D eigenvalue weighted by molar-refractivity contribution is 6.69. The molecular weight excluding hydrogens is 709 g/mol. The molecule has 0 radical (unpaired) electrons. The summed E-state index contributed by atoms with van der Waals surface area (Å²) in [4.78, 5) is 4.64. The molecule has 6 aromatic rings. The van der Waals surface area contributed by atoms with Gasteiger partial charge in [-0.1, -0.05) is 133 Å². The van der Waals surface area contributed by atoms with Crippen LogP contribution >= 0.6 is 0 Å². The zero-order valence-corrected chi connectivity index (χ0v) is 32.4. The Kier molecular flexibility index (Phi) is 10.3. The molecule has 0 fully saturated rings. The molecule has 1 heterocycles. The fourth-order valence-corrected chi connectivity index (χ4v) is 8.02. The monoisotopic (exact) mass is 753 g/mol. The average molecular weight is 754 g/mol. The summed E-state index contributed by atoms with van der Waals surface area (Å²) in [6.07, 6.45) is 16.1. The number of nitrogens with zero attached hydrogens (tertiary/aromatic N) is 3. The third kappa shape index (κ3) is 7.49. The van der Waals surface area contributed by atoms with Crippen LogP contribution < -0.4 is 20.5 Å². The van der Waals surface area contributed by atoms with E-state index in [1.165, 1.54) is 0 Å². The number of benzene rings is 6. The maximum atomic E-state index is 9.76. The molecular formula is C52H45N6+. The average Bonchev–Trinajstić information content (AvgIpc) is 3.28. The van der Waals surface area contributed by atoms with Crippen LogP contribution in [-0.4, -0.2) is 23.5 Å². The lowest BCUT2D eigenvalue weighted by molar-refractivity contribution is -0.568. The van der Waals surface area contributed by atoms with Gasteiger partial charge < -0.3 is 15.1 Å². The second-order valence-corrected chi connectivity index (χ2v) is 14.7. The van der Waals surface area contributed by atoms with E-state index in [1.807, 2.05) is 17.6 Å². The molecule has 6 aromatic carbocycles. The van der Waals surface area contributed by atoms with Crippen molar-refractivity contribution in [1.82, 2.24) is 0 Å². The molecule has 4 N–H and O–H groups in total. The molecule has 0 saturated carbocycles. The minimum absolute atomic E-state index is 0.150. The third-order valence-corrected chi connectivity index (χ3v) is 10.8. The van der Waals surface area contributed by atoms with E-state index in [0.29, 0.717) is 11.4 Å². The summed E-state index contributed by atoms with van der Waals surface area (Å²) in [7, 11) is 0. The van der Waals surface area contributed by atoms with Crippen LogP contribution in [0.15, 0.2) is 211 Å². The summed E-state index contributed by atoms with van der Waals surface area (Å²) in [6, 6.07) is 57.3. The van der Waals surface area contributed by atoms with E-state index < -0.39 is 0 Å². The van der Waals surface area contributed by atoms with Gasteiger partial charge in [0, 0.05) is 57.4 Å². The highest BCUT2D eigenvalue weighted by Gasteiger charge is 2.27. The Balaban J connectivity index is 1.08. The molecule has 1 aliphatic heterocycles. The van der Waals surface area contributed by atoms with Crippen molar-refractivity contribution in [2.24, 2.45) is 5.10 Å². The van der Waals surface area contributed by atoms with Gasteiger partial charge in [0.05, 0.1) is 17.3 Å². The van der Waals surface area contributed by atoms with Crippen molar-refractivity contribution in [2.45, 2.75) is 25.4 Å². The van der Waals surface area contributed by atoms with Crippen molar-refractivity contribution in [3.63, 3.8) is 0 Å². The van der Waals surface area contributed by atoms with Gasteiger partial charge in [-0.3, -0.25) is 5.41 Å². The topological polar surface area (TPSA) is 71.3 Å². The number of nitrogens with one attached hydrogen (secondary N) is 2. The smallest absolute Gasteiger partial charge is 0.163 e. The predicted molar refractivity (Wildman–Crippen MR) is 243 cm³/mol. The Morgan fingerprint density at radius 3 is 1.78 bits per heavy atom. The number of anilines is 6. The minimum Gasteiger partial charge on any atom is -0.378 e. The molecule has 0 spiro atoms. The molecule has 9 rings (SSSR count). The van der Waals surface area contributed by atoms with Gasteiger partial charge in [-0.15, -0.1) is 0 Å². The fourth-order valence-electron chi connectivity index (χ4n) is 8.02. The van der Waals surface area contributed by atoms with E-state index in [2.05, 4.69) is 216 Å². The number of para-hydroxylation sites is 4. The Morgan fingerprint density at radius 2 is 1.14 bits per heavy atom. The molecule has 6 nitrogen and oxygen atoms in total. The van der Waals surface area contributed by atoms with Crippen LogP contribution in [0.25, 0.3) is 16.8 Å². The molecule has 0 aromatic heterocycles. The van der Waals surface area contributed by atoms with E-state index in [9.17, 15) is 5.41 Å². The normalized spacial score (nSPS) is 17.8. The van der Waals surface area contributed by atoms with E-state index in [1.54, 1.807) is 0 Å². The Morgan fingerprint density at radius 1 is 0.603 bits per heavy atom. The maximum absolute atomic E-state index is 9.76. The largest absolute Gasteiger partial charge is 0.378 e. The molecule has 2 unspecified atom stereocenters. The van der Waals surface area contributed by atoms with Gasteiger partial charge in [-0.25, -0.2) is 0 Å². The lowest BCUT2D eigenvalue weighted by atomic mass is 9.86. The number of hydrogen-bond donors (Lipinski definition) is 3. The number of nitrogens with two attached hydrogens (primary N) is 1. The van der Waals surface area contributed by atoms with Gasteiger partial charge in [-0.05, 0) is 97.3 Å². The number of hydrogen-bond acceptors (Lipinski definition) is 5. The van der Waals surface area contributed by atoms with Crippen LogP contribution in [0.2, 0.25) is 0 Å². The number of allylic oxidation sites excluding steroid dienone is 6. The van der Waals surface area contributed by atoms with Crippen LogP contribution in [0.3, 0.4) is 0 Å². The third-order valence-electron chi connectivity index (χ3n) is 10.8. The second-order valence-electron chi connectivity index (χ2n) is 14.7. The first-order valence-corrected chi connectivity index (χ1v) is 19.9. The van der Waals surface area contributed by atoms with Gasteiger partial charge in [0.15, 0.2) is 11.4 Å².